The van der Waals surface area contributed by atoms with Crippen LogP contribution in [0, 0.1) is 0 Å². The van der Waals surface area contributed by atoms with Crippen molar-refractivity contribution >= 4 is 50.6 Å². The third-order valence-electron chi connectivity index (χ3n) is 3.93. The van der Waals surface area contributed by atoms with Gasteiger partial charge in [-0.25, -0.2) is 4.90 Å². The molecule has 0 unspecified atom stereocenters. The number of aromatic hydroxyl groups is 1. The van der Waals surface area contributed by atoms with Crippen molar-refractivity contribution in [2.75, 3.05) is 4.90 Å². The molecular formula is C20H12BrNO4S. The highest BCUT2D eigenvalue weighted by Crippen LogP contribution is 2.36. The fourth-order valence-electron chi connectivity index (χ4n) is 2.62. The van der Waals surface area contributed by atoms with E-state index < -0.39 is 11.1 Å². The number of phenols is 1. The lowest BCUT2D eigenvalue weighted by Gasteiger charge is -2.11. The van der Waals surface area contributed by atoms with Crippen LogP contribution in [0.5, 0.6) is 5.75 Å². The van der Waals surface area contributed by atoms with Crippen LogP contribution in [0.3, 0.4) is 0 Å². The predicted molar refractivity (Wildman–Crippen MR) is 108 cm³/mol. The summed E-state index contributed by atoms with van der Waals surface area (Å²) >= 11 is 4.24. The Labute approximate surface area is 167 Å². The van der Waals surface area contributed by atoms with Gasteiger partial charge in [0.2, 0.25) is 0 Å². The minimum Gasteiger partial charge on any atom is -0.508 e. The number of furan rings is 1. The van der Waals surface area contributed by atoms with E-state index in [9.17, 15) is 14.7 Å². The molecule has 2 amide bonds. The van der Waals surface area contributed by atoms with Gasteiger partial charge in [-0.2, -0.15) is 0 Å². The van der Waals surface area contributed by atoms with Crippen molar-refractivity contribution in [3.8, 4) is 17.1 Å². The van der Waals surface area contributed by atoms with Gasteiger partial charge in [-0.1, -0.05) is 28.1 Å². The summed E-state index contributed by atoms with van der Waals surface area (Å²) in [7, 11) is 0. The molecule has 0 radical (unpaired) electrons. The van der Waals surface area contributed by atoms with E-state index in [0.717, 1.165) is 26.7 Å². The fourth-order valence-corrected chi connectivity index (χ4v) is 3.71. The van der Waals surface area contributed by atoms with Gasteiger partial charge in [-0.15, -0.1) is 0 Å². The van der Waals surface area contributed by atoms with Gasteiger partial charge in [0.25, 0.3) is 11.1 Å². The molecule has 0 aliphatic carbocycles. The molecule has 134 valence electrons. The Morgan fingerprint density at radius 1 is 0.963 bits per heavy atom. The molecule has 2 aromatic carbocycles. The Morgan fingerprint density at radius 3 is 2.37 bits per heavy atom. The standard InChI is InChI=1S/C20H12BrNO4S/c21-13-3-1-12(2-4-13)17-10-9-16(26-17)11-18-19(24)22(20(25)27-18)14-5-7-15(23)8-6-14/h1-11,23H/b18-11+. The minimum atomic E-state index is -0.419. The number of hydrogen-bond donors (Lipinski definition) is 1. The summed E-state index contributed by atoms with van der Waals surface area (Å²) in [5.74, 6) is 0.810. The number of carbonyl (C=O) groups is 2. The first-order valence-electron chi connectivity index (χ1n) is 7.94. The summed E-state index contributed by atoms with van der Waals surface area (Å²) in [5.41, 5.74) is 1.32. The van der Waals surface area contributed by atoms with E-state index >= 15 is 0 Å². The van der Waals surface area contributed by atoms with E-state index in [4.69, 9.17) is 4.42 Å². The molecule has 0 spiro atoms. The molecule has 1 saturated heterocycles. The molecule has 7 heteroatoms. The van der Waals surface area contributed by atoms with Crippen molar-refractivity contribution in [3.05, 3.63) is 75.8 Å². The lowest BCUT2D eigenvalue weighted by molar-refractivity contribution is -0.113. The summed E-state index contributed by atoms with van der Waals surface area (Å²) < 4.78 is 6.76. The third-order valence-corrected chi connectivity index (χ3v) is 5.33. The molecule has 0 atom stereocenters. The second-order valence-electron chi connectivity index (χ2n) is 5.74. The number of rotatable bonds is 3. The summed E-state index contributed by atoms with van der Waals surface area (Å²) in [6.07, 6.45) is 1.56. The van der Waals surface area contributed by atoms with Crippen LogP contribution in [0.15, 0.2) is 74.5 Å². The quantitative estimate of drug-likeness (QED) is 0.531. The van der Waals surface area contributed by atoms with E-state index in [1.54, 1.807) is 12.1 Å². The van der Waals surface area contributed by atoms with Gasteiger partial charge in [-0.3, -0.25) is 9.59 Å². The van der Waals surface area contributed by atoms with Crippen molar-refractivity contribution in [3.63, 3.8) is 0 Å². The SMILES string of the molecule is O=C1S/C(=C/c2ccc(-c3ccc(Br)cc3)o2)C(=O)N1c1ccc(O)cc1. The van der Waals surface area contributed by atoms with E-state index in [1.807, 2.05) is 30.3 Å². The van der Waals surface area contributed by atoms with Gasteiger partial charge in [0.05, 0.1) is 10.6 Å². The highest BCUT2D eigenvalue weighted by molar-refractivity contribution is 9.10. The second-order valence-corrected chi connectivity index (χ2v) is 7.65. The van der Waals surface area contributed by atoms with Crippen molar-refractivity contribution in [2.24, 2.45) is 0 Å². The molecule has 0 bridgehead atoms. The van der Waals surface area contributed by atoms with Crippen LogP contribution in [-0.4, -0.2) is 16.3 Å². The zero-order valence-electron chi connectivity index (χ0n) is 13.8. The van der Waals surface area contributed by atoms with Crippen molar-refractivity contribution in [2.45, 2.75) is 0 Å². The maximum atomic E-state index is 12.6. The zero-order valence-corrected chi connectivity index (χ0v) is 16.2. The Hall–Kier alpha value is -2.77. The van der Waals surface area contributed by atoms with Gasteiger partial charge in [0.1, 0.15) is 17.3 Å². The van der Waals surface area contributed by atoms with Crippen LogP contribution in [0.1, 0.15) is 5.76 Å². The van der Waals surface area contributed by atoms with Crippen LogP contribution in [0.4, 0.5) is 10.5 Å². The first-order chi connectivity index (χ1) is 13.0. The predicted octanol–water partition coefficient (Wildman–Crippen LogP) is 5.66. The van der Waals surface area contributed by atoms with E-state index in [1.165, 1.54) is 24.3 Å². The van der Waals surface area contributed by atoms with E-state index in [2.05, 4.69) is 15.9 Å². The number of amides is 2. The monoisotopic (exact) mass is 441 g/mol. The van der Waals surface area contributed by atoms with E-state index in [0.29, 0.717) is 17.2 Å². The van der Waals surface area contributed by atoms with Crippen LogP contribution in [0.25, 0.3) is 17.4 Å². The number of benzene rings is 2. The molecule has 1 fully saturated rings. The van der Waals surface area contributed by atoms with Crippen LogP contribution >= 0.6 is 27.7 Å². The average molecular weight is 442 g/mol. The number of imide groups is 1. The van der Waals surface area contributed by atoms with E-state index in [-0.39, 0.29) is 10.7 Å². The number of thioether (sulfide) groups is 1. The normalized spacial score (nSPS) is 15.7. The molecule has 3 aromatic rings. The topological polar surface area (TPSA) is 70.8 Å². The van der Waals surface area contributed by atoms with Gasteiger partial charge in [-0.05, 0) is 60.3 Å². The van der Waals surface area contributed by atoms with Crippen molar-refractivity contribution in [1.82, 2.24) is 0 Å². The van der Waals surface area contributed by atoms with Gasteiger partial charge in [0.15, 0.2) is 0 Å². The molecule has 1 aromatic heterocycles. The first-order valence-corrected chi connectivity index (χ1v) is 9.55. The lowest BCUT2D eigenvalue weighted by atomic mass is 10.2. The number of hydrogen-bond acceptors (Lipinski definition) is 5. The molecule has 0 saturated carbocycles. The number of anilines is 1. The summed E-state index contributed by atoms with van der Waals surface area (Å²) in [6, 6.07) is 17.2. The Kier molecular flexibility index (Phi) is 4.63. The summed E-state index contributed by atoms with van der Waals surface area (Å²) in [4.78, 5) is 26.2. The number of halogens is 1. The Morgan fingerprint density at radius 2 is 1.67 bits per heavy atom. The molecular weight excluding hydrogens is 430 g/mol. The third kappa shape index (κ3) is 3.56. The summed E-state index contributed by atoms with van der Waals surface area (Å²) in [5, 5.41) is 8.98. The fraction of sp³-hybridized carbons (Fsp3) is 0. The maximum Gasteiger partial charge on any atom is 0.298 e. The van der Waals surface area contributed by atoms with Gasteiger partial charge < -0.3 is 9.52 Å². The first kappa shape index (κ1) is 17.6. The van der Waals surface area contributed by atoms with Crippen molar-refractivity contribution in [1.29, 1.82) is 0 Å². The Balaban J connectivity index is 1.59. The lowest BCUT2D eigenvalue weighted by Crippen LogP contribution is -2.27. The maximum absolute atomic E-state index is 12.6. The van der Waals surface area contributed by atoms with Crippen LogP contribution in [0.2, 0.25) is 0 Å². The number of phenolic OH excluding ortho intramolecular Hbond substituents is 1. The molecule has 27 heavy (non-hydrogen) atoms. The van der Waals surface area contributed by atoms with Gasteiger partial charge >= 0.3 is 0 Å². The summed E-state index contributed by atoms with van der Waals surface area (Å²) in [6.45, 7) is 0. The molecule has 1 aliphatic heterocycles. The molecule has 1 aliphatic rings. The molecule has 1 N–H and O–H groups in total. The molecule has 4 rings (SSSR count). The molecule has 5 nitrogen and oxygen atoms in total. The van der Waals surface area contributed by atoms with Crippen LogP contribution < -0.4 is 4.90 Å². The largest absolute Gasteiger partial charge is 0.508 e. The highest BCUT2D eigenvalue weighted by Gasteiger charge is 2.36. The average Bonchev–Trinajstić information content (AvgIpc) is 3.22. The second kappa shape index (κ2) is 7.09. The highest BCUT2D eigenvalue weighted by atomic mass is 79.9. The zero-order chi connectivity index (χ0) is 19.0. The molecule has 2 heterocycles. The van der Waals surface area contributed by atoms with Crippen LogP contribution in [-0.2, 0) is 4.79 Å². The Bertz CT molecular complexity index is 1050. The minimum absolute atomic E-state index is 0.0670. The number of nitrogens with zero attached hydrogens (tertiary/aromatic N) is 1. The smallest absolute Gasteiger partial charge is 0.298 e. The van der Waals surface area contributed by atoms with Crippen molar-refractivity contribution < 1.29 is 19.1 Å². The van der Waals surface area contributed by atoms with Gasteiger partial charge in [0, 0.05) is 16.1 Å². The number of carbonyl (C=O) groups excluding carboxylic acids is 2.